The summed E-state index contributed by atoms with van der Waals surface area (Å²) in [6.07, 6.45) is 2.46. The van der Waals surface area contributed by atoms with Crippen molar-refractivity contribution in [3.63, 3.8) is 0 Å². The lowest BCUT2D eigenvalue weighted by atomic mass is 10.3. The Labute approximate surface area is 78.1 Å². The summed E-state index contributed by atoms with van der Waals surface area (Å²) in [6, 6.07) is 0. The summed E-state index contributed by atoms with van der Waals surface area (Å²) in [4.78, 5) is 0. The molecular formula is C9H22O2Si. The fourth-order valence-electron chi connectivity index (χ4n) is 1.30. The maximum Gasteiger partial charge on any atom is 0.324 e. The molecule has 1 unspecified atom stereocenters. The van der Waals surface area contributed by atoms with Crippen LogP contribution in [0.25, 0.3) is 0 Å². The van der Waals surface area contributed by atoms with Crippen LogP contribution in [-0.4, -0.2) is 22.5 Å². The molecule has 0 rings (SSSR count). The van der Waals surface area contributed by atoms with E-state index in [-0.39, 0.29) is 0 Å². The first-order valence-electron chi connectivity index (χ1n) is 4.99. The molecule has 1 atom stereocenters. The Hall–Kier alpha value is 0.137. The van der Waals surface area contributed by atoms with Gasteiger partial charge in [-0.3, -0.25) is 0 Å². The second-order valence-electron chi connectivity index (χ2n) is 3.05. The summed E-state index contributed by atoms with van der Waals surface area (Å²) in [7, 11) is -1.35. The van der Waals surface area contributed by atoms with E-state index in [0.717, 1.165) is 13.2 Å². The standard InChI is InChI=1S/C9H22O2Si/c1-5-8-9(4)12(10-6-2)11-7-3/h9,12H,5-8H2,1-4H3. The first-order valence-corrected chi connectivity index (χ1v) is 6.60. The average molecular weight is 190 g/mol. The molecular weight excluding hydrogens is 168 g/mol. The van der Waals surface area contributed by atoms with Crippen LogP contribution in [0.5, 0.6) is 0 Å². The summed E-state index contributed by atoms with van der Waals surface area (Å²) < 4.78 is 11.2. The monoisotopic (exact) mass is 190 g/mol. The Balaban J connectivity index is 3.72. The van der Waals surface area contributed by atoms with Crippen molar-refractivity contribution in [3.8, 4) is 0 Å². The topological polar surface area (TPSA) is 18.5 Å². The van der Waals surface area contributed by atoms with Gasteiger partial charge in [0.25, 0.3) is 0 Å². The Morgan fingerprint density at radius 3 is 1.92 bits per heavy atom. The van der Waals surface area contributed by atoms with Crippen LogP contribution in [0.15, 0.2) is 0 Å². The molecule has 2 nitrogen and oxygen atoms in total. The van der Waals surface area contributed by atoms with Crippen molar-refractivity contribution in [2.75, 3.05) is 13.2 Å². The highest BCUT2D eigenvalue weighted by Gasteiger charge is 2.19. The van der Waals surface area contributed by atoms with E-state index in [1.807, 2.05) is 13.8 Å². The molecule has 0 aliphatic carbocycles. The van der Waals surface area contributed by atoms with Gasteiger partial charge in [0.15, 0.2) is 0 Å². The fraction of sp³-hybridized carbons (Fsp3) is 1.00. The van der Waals surface area contributed by atoms with E-state index in [1.165, 1.54) is 12.8 Å². The van der Waals surface area contributed by atoms with Gasteiger partial charge in [-0.2, -0.15) is 0 Å². The van der Waals surface area contributed by atoms with Crippen molar-refractivity contribution in [1.29, 1.82) is 0 Å². The molecule has 0 radical (unpaired) electrons. The SMILES string of the molecule is CCCC(C)[SiH](OCC)OCC. The third kappa shape index (κ3) is 4.90. The Morgan fingerprint density at radius 2 is 1.58 bits per heavy atom. The molecule has 0 bridgehead atoms. The van der Waals surface area contributed by atoms with E-state index >= 15 is 0 Å². The molecule has 0 aliphatic rings. The van der Waals surface area contributed by atoms with Gasteiger partial charge in [-0.05, 0) is 25.8 Å². The van der Waals surface area contributed by atoms with Gasteiger partial charge in [-0.25, -0.2) is 0 Å². The second-order valence-corrected chi connectivity index (χ2v) is 5.59. The lowest BCUT2D eigenvalue weighted by Gasteiger charge is -2.20. The maximum atomic E-state index is 5.61. The zero-order valence-electron chi connectivity index (χ0n) is 8.80. The molecule has 0 aromatic carbocycles. The molecule has 0 aromatic rings. The van der Waals surface area contributed by atoms with Crippen molar-refractivity contribution in [3.05, 3.63) is 0 Å². The highest BCUT2D eigenvalue weighted by molar-refractivity contribution is 6.46. The lowest BCUT2D eigenvalue weighted by Crippen LogP contribution is -2.27. The van der Waals surface area contributed by atoms with Crippen LogP contribution < -0.4 is 0 Å². The molecule has 0 aliphatic heterocycles. The number of hydrogen-bond donors (Lipinski definition) is 0. The van der Waals surface area contributed by atoms with Gasteiger partial charge in [-0.15, -0.1) is 0 Å². The van der Waals surface area contributed by atoms with Crippen molar-refractivity contribution in [2.45, 2.75) is 46.1 Å². The predicted octanol–water partition coefficient (Wildman–Crippen LogP) is 2.47. The maximum absolute atomic E-state index is 5.61. The van der Waals surface area contributed by atoms with Crippen LogP contribution in [0, 0.1) is 0 Å². The van der Waals surface area contributed by atoms with Gasteiger partial charge in [0.2, 0.25) is 0 Å². The van der Waals surface area contributed by atoms with E-state index in [4.69, 9.17) is 8.85 Å². The van der Waals surface area contributed by atoms with E-state index in [1.54, 1.807) is 0 Å². The van der Waals surface area contributed by atoms with E-state index in [9.17, 15) is 0 Å². The Bertz CT molecular complexity index is 92.5. The zero-order valence-corrected chi connectivity index (χ0v) is 9.95. The van der Waals surface area contributed by atoms with Gasteiger partial charge in [0.1, 0.15) is 0 Å². The molecule has 0 fully saturated rings. The second kappa shape index (κ2) is 7.77. The normalized spacial score (nSPS) is 13.8. The zero-order chi connectivity index (χ0) is 9.40. The van der Waals surface area contributed by atoms with Crippen molar-refractivity contribution in [2.24, 2.45) is 0 Å². The Kier molecular flexibility index (Phi) is 7.86. The smallest absolute Gasteiger partial charge is 0.324 e. The first kappa shape index (κ1) is 12.1. The molecule has 0 saturated carbocycles. The molecule has 0 N–H and O–H groups in total. The summed E-state index contributed by atoms with van der Waals surface area (Å²) in [5.41, 5.74) is 0.648. The molecule has 0 amide bonds. The summed E-state index contributed by atoms with van der Waals surface area (Å²) >= 11 is 0. The molecule has 0 aromatic heterocycles. The van der Waals surface area contributed by atoms with E-state index in [2.05, 4.69) is 13.8 Å². The molecule has 0 saturated heterocycles. The summed E-state index contributed by atoms with van der Waals surface area (Å²) in [5.74, 6) is 0. The van der Waals surface area contributed by atoms with Gasteiger partial charge in [-0.1, -0.05) is 20.3 Å². The minimum Gasteiger partial charge on any atom is -0.397 e. The third-order valence-electron chi connectivity index (χ3n) is 1.87. The van der Waals surface area contributed by atoms with E-state index < -0.39 is 9.28 Å². The highest BCUT2D eigenvalue weighted by atomic mass is 28.3. The molecule has 12 heavy (non-hydrogen) atoms. The molecule has 0 heterocycles. The minimum absolute atomic E-state index is 0.648. The molecule has 3 heteroatoms. The summed E-state index contributed by atoms with van der Waals surface area (Å²) in [6.45, 7) is 10.1. The van der Waals surface area contributed by atoms with Crippen LogP contribution in [0.4, 0.5) is 0 Å². The third-order valence-corrected chi connectivity index (χ3v) is 4.46. The number of rotatable bonds is 7. The van der Waals surface area contributed by atoms with E-state index in [0.29, 0.717) is 5.54 Å². The first-order chi connectivity index (χ1) is 5.76. The predicted molar refractivity (Wildman–Crippen MR) is 54.7 cm³/mol. The van der Waals surface area contributed by atoms with Gasteiger partial charge in [0, 0.05) is 13.2 Å². The van der Waals surface area contributed by atoms with Crippen molar-refractivity contribution >= 4 is 9.28 Å². The van der Waals surface area contributed by atoms with Gasteiger partial charge in [0.05, 0.1) is 0 Å². The highest BCUT2D eigenvalue weighted by Crippen LogP contribution is 2.17. The van der Waals surface area contributed by atoms with Gasteiger partial charge >= 0.3 is 9.28 Å². The molecule has 74 valence electrons. The largest absolute Gasteiger partial charge is 0.397 e. The average Bonchev–Trinajstić information content (AvgIpc) is 2.04. The van der Waals surface area contributed by atoms with Crippen LogP contribution in [0.2, 0.25) is 5.54 Å². The number of hydrogen-bond acceptors (Lipinski definition) is 2. The lowest BCUT2D eigenvalue weighted by molar-refractivity contribution is 0.203. The Morgan fingerprint density at radius 1 is 1.08 bits per heavy atom. The fourth-order valence-corrected chi connectivity index (χ4v) is 3.31. The minimum atomic E-state index is -1.35. The van der Waals surface area contributed by atoms with Crippen LogP contribution in [0.1, 0.15) is 40.5 Å². The van der Waals surface area contributed by atoms with Crippen molar-refractivity contribution < 1.29 is 8.85 Å². The molecule has 0 spiro atoms. The summed E-state index contributed by atoms with van der Waals surface area (Å²) in [5, 5.41) is 0. The van der Waals surface area contributed by atoms with Crippen LogP contribution >= 0.6 is 0 Å². The van der Waals surface area contributed by atoms with Crippen molar-refractivity contribution in [1.82, 2.24) is 0 Å². The van der Waals surface area contributed by atoms with Crippen LogP contribution in [0.3, 0.4) is 0 Å². The van der Waals surface area contributed by atoms with Gasteiger partial charge < -0.3 is 8.85 Å². The van der Waals surface area contributed by atoms with Crippen LogP contribution in [-0.2, 0) is 8.85 Å². The quantitative estimate of drug-likeness (QED) is 0.574.